The van der Waals surface area contributed by atoms with E-state index in [1.54, 1.807) is 24.3 Å². The molecule has 0 atom stereocenters. The van der Waals surface area contributed by atoms with Gasteiger partial charge in [0.05, 0.1) is 24.7 Å². The average Bonchev–Trinajstić information content (AvgIpc) is 2.35. The first-order valence-corrected chi connectivity index (χ1v) is 5.01. The molecule has 0 unspecified atom stereocenters. The molecule has 2 aromatic rings. The van der Waals surface area contributed by atoms with Crippen molar-refractivity contribution in [2.75, 3.05) is 18.2 Å². The Morgan fingerprint density at radius 3 is 2.76 bits per heavy atom. The highest BCUT2D eigenvalue weighted by Gasteiger charge is 2.04. The Labute approximate surface area is 98.2 Å². The van der Waals surface area contributed by atoms with Gasteiger partial charge in [-0.1, -0.05) is 0 Å². The summed E-state index contributed by atoms with van der Waals surface area (Å²) in [6, 6.07) is 7.81. The van der Waals surface area contributed by atoms with Crippen LogP contribution in [0.2, 0.25) is 0 Å². The molecule has 0 saturated heterocycles. The van der Waals surface area contributed by atoms with Crippen LogP contribution < -0.4 is 15.8 Å². The molecule has 1 aromatic carbocycles. The number of nitrogen functional groups attached to an aromatic ring is 1. The minimum atomic E-state index is -0.371. The van der Waals surface area contributed by atoms with Gasteiger partial charge in [-0.05, 0) is 24.3 Å². The smallest absolute Gasteiger partial charge is 0.146 e. The fourth-order valence-corrected chi connectivity index (χ4v) is 1.34. The van der Waals surface area contributed by atoms with Crippen molar-refractivity contribution in [1.29, 1.82) is 0 Å². The molecule has 5 heteroatoms. The second-order valence-corrected chi connectivity index (χ2v) is 3.45. The second-order valence-electron chi connectivity index (χ2n) is 3.45. The van der Waals surface area contributed by atoms with Crippen LogP contribution in [0.4, 0.5) is 21.6 Å². The third kappa shape index (κ3) is 2.63. The summed E-state index contributed by atoms with van der Waals surface area (Å²) in [6.07, 6.45) is 1.50. The first-order valence-electron chi connectivity index (χ1n) is 5.01. The van der Waals surface area contributed by atoms with Gasteiger partial charge in [0.2, 0.25) is 0 Å². The van der Waals surface area contributed by atoms with Gasteiger partial charge >= 0.3 is 0 Å². The minimum absolute atomic E-state index is 0.307. The third-order valence-corrected chi connectivity index (χ3v) is 2.22. The fraction of sp³-hybridized carbons (Fsp3) is 0.0833. The number of aromatic nitrogens is 1. The summed E-state index contributed by atoms with van der Waals surface area (Å²) in [4.78, 5) is 4.03. The van der Waals surface area contributed by atoms with Crippen LogP contribution in [0.5, 0.6) is 5.75 Å². The zero-order chi connectivity index (χ0) is 12.3. The summed E-state index contributed by atoms with van der Waals surface area (Å²) in [5.41, 5.74) is 6.38. The van der Waals surface area contributed by atoms with Gasteiger partial charge in [0.1, 0.15) is 17.4 Å². The number of ether oxygens (including phenoxy) is 1. The number of methoxy groups -OCH3 is 1. The summed E-state index contributed by atoms with van der Waals surface area (Å²) >= 11 is 0. The molecule has 88 valence electrons. The highest BCUT2D eigenvalue weighted by Crippen LogP contribution is 2.23. The number of hydrogen-bond donors (Lipinski definition) is 2. The van der Waals surface area contributed by atoms with Gasteiger partial charge in [0.15, 0.2) is 0 Å². The second kappa shape index (κ2) is 4.69. The van der Waals surface area contributed by atoms with Crippen LogP contribution in [-0.4, -0.2) is 12.1 Å². The molecule has 0 fully saturated rings. The van der Waals surface area contributed by atoms with E-state index in [1.807, 2.05) is 0 Å². The zero-order valence-electron chi connectivity index (χ0n) is 9.27. The van der Waals surface area contributed by atoms with E-state index in [4.69, 9.17) is 10.5 Å². The topological polar surface area (TPSA) is 60.2 Å². The van der Waals surface area contributed by atoms with Gasteiger partial charge in [-0.15, -0.1) is 0 Å². The molecule has 17 heavy (non-hydrogen) atoms. The number of anilines is 3. The van der Waals surface area contributed by atoms with Crippen LogP contribution in [0.25, 0.3) is 0 Å². The first-order chi connectivity index (χ1) is 8.19. The van der Waals surface area contributed by atoms with Gasteiger partial charge in [-0.3, -0.25) is 0 Å². The van der Waals surface area contributed by atoms with E-state index in [-0.39, 0.29) is 5.82 Å². The summed E-state index contributed by atoms with van der Waals surface area (Å²) in [5, 5.41) is 2.85. The van der Waals surface area contributed by atoms with Gasteiger partial charge < -0.3 is 15.8 Å². The quantitative estimate of drug-likeness (QED) is 0.855. The van der Waals surface area contributed by atoms with Gasteiger partial charge in [-0.25, -0.2) is 9.37 Å². The van der Waals surface area contributed by atoms with E-state index in [0.29, 0.717) is 22.9 Å². The fourth-order valence-electron chi connectivity index (χ4n) is 1.34. The number of halogens is 1. The van der Waals surface area contributed by atoms with Crippen molar-refractivity contribution in [2.24, 2.45) is 0 Å². The third-order valence-electron chi connectivity index (χ3n) is 2.22. The molecule has 3 N–H and O–H groups in total. The van der Waals surface area contributed by atoms with E-state index in [9.17, 15) is 4.39 Å². The zero-order valence-corrected chi connectivity index (χ0v) is 9.27. The van der Waals surface area contributed by atoms with E-state index in [1.165, 1.54) is 19.4 Å². The summed E-state index contributed by atoms with van der Waals surface area (Å²) in [7, 11) is 1.53. The lowest BCUT2D eigenvalue weighted by Crippen LogP contribution is -1.97. The maximum absolute atomic E-state index is 13.5. The van der Waals surface area contributed by atoms with E-state index in [2.05, 4.69) is 10.3 Å². The summed E-state index contributed by atoms with van der Waals surface area (Å²) in [5.74, 6) is 0.722. The summed E-state index contributed by atoms with van der Waals surface area (Å²) < 4.78 is 18.5. The van der Waals surface area contributed by atoms with Crippen molar-refractivity contribution >= 4 is 17.2 Å². The molecule has 0 amide bonds. The van der Waals surface area contributed by atoms with Crippen LogP contribution in [0.15, 0.2) is 36.5 Å². The van der Waals surface area contributed by atoms with Crippen LogP contribution in [0, 0.1) is 5.82 Å². The predicted molar refractivity (Wildman–Crippen MR) is 64.9 cm³/mol. The van der Waals surface area contributed by atoms with Crippen LogP contribution in [-0.2, 0) is 0 Å². The molecule has 0 aliphatic rings. The maximum Gasteiger partial charge on any atom is 0.146 e. The number of rotatable bonds is 3. The Morgan fingerprint density at radius 2 is 2.12 bits per heavy atom. The molecule has 0 radical (unpaired) electrons. The maximum atomic E-state index is 13.5. The van der Waals surface area contributed by atoms with Crippen molar-refractivity contribution in [3.8, 4) is 5.75 Å². The normalized spacial score (nSPS) is 10.0. The van der Waals surface area contributed by atoms with Crippen LogP contribution >= 0.6 is 0 Å². The Balaban J connectivity index is 2.25. The predicted octanol–water partition coefficient (Wildman–Crippen LogP) is 2.56. The number of nitrogens with two attached hydrogens (primary N) is 1. The lowest BCUT2D eigenvalue weighted by molar-refractivity contribution is 0.414. The van der Waals surface area contributed by atoms with E-state index < -0.39 is 0 Å². The lowest BCUT2D eigenvalue weighted by atomic mass is 10.3. The van der Waals surface area contributed by atoms with Crippen molar-refractivity contribution in [1.82, 2.24) is 4.98 Å². The Morgan fingerprint density at radius 1 is 1.29 bits per heavy atom. The van der Waals surface area contributed by atoms with Gasteiger partial charge in [-0.2, -0.15) is 0 Å². The number of pyridine rings is 1. The number of nitrogens with zero attached hydrogens (tertiary/aromatic N) is 1. The van der Waals surface area contributed by atoms with Gasteiger partial charge in [0.25, 0.3) is 0 Å². The SMILES string of the molecule is COc1ccc(F)c(Nc2ccc(N)cn2)c1. The minimum Gasteiger partial charge on any atom is -0.497 e. The summed E-state index contributed by atoms with van der Waals surface area (Å²) in [6.45, 7) is 0. The van der Waals surface area contributed by atoms with Crippen molar-refractivity contribution in [2.45, 2.75) is 0 Å². The lowest BCUT2D eigenvalue weighted by Gasteiger charge is -2.08. The Kier molecular flexibility index (Phi) is 3.09. The molecular formula is C12H12FN3O. The van der Waals surface area contributed by atoms with Crippen LogP contribution in [0.3, 0.4) is 0 Å². The standard InChI is InChI=1S/C12H12FN3O/c1-17-9-3-4-10(13)11(6-9)16-12-5-2-8(14)7-15-12/h2-7H,14H2,1H3,(H,15,16). The average molecular weight is 233 g/mol. The molecule has 0 spiro atoms. The van der Waals surface area contributed by atoms with Crippen molar-refractivity contribution in [3.63, 3.8) is 0 Å². The molecular weight excluding hydrogens is 221 g/mol. The number of hydrogen-bond acceptors (Lipinski definition) is 4. The molecule has 4 nitrogen and oxygen atoms in total. The largest absolute Gasteiger partial charge is 0.497 e. The van der Waals surface area contributed by atoms with E-state index >= 15 is 0 Å². The van der Waals surface area contributed by atoms with E-state index in [0.717, 1.165) is 0 Å². The number of benzene rings is 1. The first kappa shape index (κ1) is 11.2. The monoisotopic (exact) mass is 233 g/mol. The molecule has 0 aliphatic carbocycles. The highest BCUT2D eigenvalue weighted by atomic mass is 19.1. The molecule has 0 aliphatic heterocycles. The molecule has 2 rings (SSSR count). The van der Waals surface area contributed by atoms with Gasteiger partial charge in [0, 0.05) is 6.07 Å². The molecule has 0 bridgehead atoms. The highest BCUT2D eigenvalue weighted by molar-refractivity contribution is 5.60. The molecule has 0 saturated carbocycles. The molecule has 1 heterocycles. The van der Waals surface area contributed by atoms with Crippen molar-refractivity contribution in [3.05, 3.63) is 42.3 Å². The number of nitrogens with one attached hydrogen (secondary N) is 1. The van der Waals surface area contributed by atoms with Crippen molar-refractivity contribution < 1.29 is 9.13 Å². The Bertz CT molecular complexity index is 514. The van der Waals surface area contributed by atoms with Crippen LogP contribution in [0.1, 0.15) is 0 Å². The molecule has 1 aromatic heterocycles. The Hall–Kier alpha value is -2.30.